The summed E-state index contributed by atoms with van der Waals surface area (Å²) in [6, 6.07) is 12.0. The second-order valence-electron chi connectivity index (χ2n) is 7.01. The first kappa shape index (κ1) is 20.0. The molecule has 0 saturated heterocycles. The lowest BCUT2D eigenvalue weighted by Gasteiger charge is -2.15. The van der Waals surface area contributed by atoms with Gasteiger partial charge in [-0.3, -0.25) is 0 Å². The number of fused-ring (bicyclic) bond motifs is 1. The van der Waals surface area contributed by atoms with Crippen LogP contribution < -0.4 is 9.47 Å². The number of hydrogen-bond acceptors (Lipinski definition) is 4. The van der Waals surface area contributed by atoms with Crippen LogP contribution in [-0.4, -0.2) is 23.7 Å². The smallest absolute Gasteiger partial charge is 0.175 e. The molecular formula is C22H22BrN3O2. The van der Waals surface area contributed by atoms with Crippen molar-refractivity contribution in [2.24, 2.45) is 5.92 Å². The SMILES string of the molecule is COc1cc(/C=C(\C#N)c2nc3ccc(C)cc3[nH]2)cc(Br)c1OCC(C)C. The van der Waals surface area contributed by atoms with Gasteiger partial charge in [0.05, 0.1) is 34.8 Å². The van der Waals surface area contributed by atoms with Crippen LogP contribution in [0.15, 0.2) is 34.8 Å². The van der Waals surface area contributed by atoms with Crippen LogP contribution >= 0.6 is 15.9 Å². The predicted octanol–water partition coefficient (Wildman–Crippen LogP) is 5.74. The van der Waals surface area contributed by atoms with E-state index in [1.54, 1.807) is 13.2 Å². The number of methoxy groups -OCH3 is 1. The van der Waals surface area contributed by atoms with Crippen LogP contribution in [0, 0.1) is 24.2 Å². The van der Waals surface area contributed by atoms with E-state index < -0.39 is 0 Å². The lowest BCUT2D eigenvalue weighted by atomic mass is 10.1. The maximum Gasteiger partial charge on any atom is 0.175 e. The standard InChI is InChI=1S/C22H22BrN3O2/c1-13(2)12-28-21-17(23)9-15(10-20(21)27-4)8-16(11-24)22-25-18-6-5-14(3)7-19(18)26-22/h5-10,13H,12H2,1-4H3,(H,25,26)/b16-8+. The Morgan fingerprint density at radius 1 is 1.32 bits per heavy atom. The van der Waals surface area contributed by atoms with Gasteiger partial charge in [-0.05, 0) is 70.2 Å². The number of aromatic nitrogens is 2. The molecule has 0 aliphatic heterocycles. The van der Waals surface area contributed by atoms with E-state index in [1.807, 2.05) is 37.3 Å². The summed E-state index contributed by atoms with van der Waals surface area (Å²) in [6.07, 6.45) is 1.78. The Morgan fingerprint density at radius 2 is 2.11 bits per heavy atom. The summed E-state index contributed by atoms with van der Waals surface area (Å²) in [5, 5.41) is 9.67. The summed E-state index contributed by atoms with van der Waals surface area (Å²) in [5.41, 5.74) is 4.13. The molecule has 2 aromatic carbocycles. The number of H-pyrrole nitrogens is 1. The molecule has 0 aliphatic rings. The van der Waals surface area contributed by atoms with Gasteiger partial charge in [0.25, 0.3) is 0 Å². The highest BCUT2D eigenvalue weighted by Gasteiger charge is 2.14. The van der Waals surface area contributed by atoms with Crippen molar-refractivity contribution in [1.82, 2.24) is 9.97 Å². The van der Waals surface area contributed by atoms with Gasteiger partial charge in [-0.15, -0.1) is 0 Å². The number of rotatable bonds is 6. The first-order chi connectivity index (χ1) is 13.4. The Labute approximate surface area is 173 Å². The predicted molar refractivity (Wildman–Crippen MR) is 115 cm³/mol. The van der Waals surface area contributed by atoms with Gasteiger partial charge in [0.1, 0.15) is 11.9 Å². The summed E-state index contributed by atoms with van der Waals surface area (Å²) in [4.78, 5) is 7.76. The molecule has 0 aliphatic carbocycles. The molecule has 0 unspecified atom stereocenters. The highest BCUT2D eigenvalue weighted by atomic mass is 79.9. The van der Waals surface area contributed by atoms with E-state index in [-0.39, 0.29) is 0 Å². The van der Waals surface area contributed by atoms with Crippen molar-refractivity contribution in [3.8, 4) is 17.6 Å². The monoisotopic (exact) mass is 439 g/mol. The maximum absolute atomic E-state index is 9.67. The Morgan fingerprint density at radius 3 is 2.79 bits per heavy atom. The Hall–Kier alpha value is -2.78. The van der Waals surface area contributed by atoms with Gasteiger partial charge in [-0.1, -0.05) is 19.9 Å². The minimum absolute atomic E-state index is 0.401. The largest absolute Gasteiger partial charge is 0.493 e. The van der Waals surface area contributed by atoms with Gasteiger partial charge in [0.15, 0.2) is 11.5 Å². The first-order valence-electron chi connectivity index (χ1n) is 9.00. The quantitative estimate of drug-likeness (QED) is 0.496. The van der Waals surface area contributed by atoms with Crippen LogP contribution in [0.5, 0.6) is 11.5 Å². The molecule has 5 nitrogen and oxygen atoms in total. The average molecular weight is 440 g/mol. The van der Waals surface area contributed by atoms with E-state index in [4.69, 9.17) is 9.47 Å². The lowest BCUT2D eigenvalue weighted by Crippen LogP contribution is -2.06. The molecule has 0 amide bonds. The van der Waals surface area contributed by atoms with E-state index in [0.29, 0.717) is 35.4 Å². The van der Waals surface area contributed by atoms with Gasteiger partial charge in [-0.25, -0.2) is 4.98 Å². The maximum atomic E-state index is 9.67. The number of aryl methyl sites for hydroxylation is 1. The Bertz CT molecular complexity index is 1080. The normalized spacial score (nSPS) is 11.7. The Balaban J connectivity index is 1.99. The summed E-state index contributed by atoms with van der Waals surface area (Å²) in [6.45, 7) is 6.79. The number of aromatic amines is 1. The van der Waals surface area contributed by atoms with Crippen LogP contribution in [0.1, 0.15) is 30.8 Å². The lowest BCUT2D eigenvalue weighted by molar-refractivity contribution is 0.255. The number of imidazole rings is 1. The number of allylic oxidation sites excluding steroid dienone is 1. The highest BCUT2D eigenvalue weighted by Crippen LogP contribution is 2.38. The van der Waals surface area contributed by atoms with Crippen molar-refractivity contribution in [1.29, 1.82) is 5.26 Å². The zero-order chi connectivity index (χ0) is 20.3. The van der Waals surface area contributed by atoms with Gasteiger partial charge in [-0.2, -0.15) is 5.26 Å². The third kappa shape index (κ3) is 4.37. The fourth-order valence-corrected chi connectivity index (χ4v) is 3.36. The number of ether oxygens (including phenoxy) is 2. The molecule has 0 bridgehead atoms. The number of hydrogen-bond donors (Lipinski definition) is 1. The zero-order valence-electron chi connectivity index (χ0n) is 16.3. The van der Waals surface area contributed by atoms with Crippen molar-refractivity contribution < 1.29 is 9.47 Å². The molecule has 3 rings (SSSR count). The number of nitrogens with one attached hydrogen (secondary N) is 1. The number of halogens is 1. The molecule has 3 aromatic rings. The minimum atomic E-state index is 0.401. The molecule has 0 radical (unpaired) electrons. The summed E-state index contributed by atoms with van der Waals surface area (Å²) in [7, 11) is 1.60. The van der Waals surface area contributed by atoms with Crippen LogP contribution in [0.25, 0.3) is 22.7 Å². The summed E-state index contributed by atoms with van der Waals surface area (Å²) < 4.78 is 12.1. The molecule has 0 atom stereocenters. The third-order valence-electron chi connectivity index (χ3n) is 4.14. The van der Waals surface area contributed by atoms with Crippen LogP contribution in [-0.2, 0) is 0 Å². The molecule has 1 aromatic heterocycles. The Kier molecular flexibility index (Phi) is 6.05. The second-order valence-corrected chi connectivity index (χ2v) is 7.87. The van der Waals surface area contributed by atoms with Crippen LogP contribution in [0.4, 0.5) is 0 Å². The van der Waals surface area contributed by atoms with E-state index >= 15 is 0 Å². The minimum Gasteiger partial charge on any atom is -0.493 e. The van der Waals surface area contributed by atoms with E-state index in [1.165, 1.54) is 0 Å². The van der Waals surface area contributed by atoms with Crippen LogP contribution in [0.2, 0.25) is 0 Å². The highest BCUT2D eigenvalue weighted by molar-refractivity contribution is 9.10. The fraction of sp³-hybridized carbons (Fsp3) is 0.273. The zero-order valence-corrected chi connectivity index (χ0v) is 17.9. The van der Waals surface area contributed by atoms with E-state index in [2.05, 4.69) is 45.8 Å². The molecule has 0 saturated carbocycles. The number of benzene rings is 2. The number of nitriles is 1. The van der Waals surface area contributed by atoms with E-state index in [0.717, 1.165) is 26.6 Å². The van der Waals surface area contributed by atoms with Gasteiger partial charge < -0.3 is 14.5 Å². The van der Waals surface area contributed by atoms with Gasteiger partial charge in [0.2, 0.25) is 0 Å². The molecule has 0 fully saturated rings. The number of nitrogens with zero attached hydrogens (tertiary/aromatic N) is 2. The van der Waals surface area contributed by atoms with Crippen molar-refractivity contribution in [2.45, 2.75) is 20.8 Å². The molecule has 0 spiro atoms. The van der Waals surface area contributed by atoms with Crippen molar-refractivity contribution in [3.05, 3.63) is 51.8 Å². The fourth-order valence-electron chi connectivity index (χ4n) is 2.78. The van der Waals surface area contributed by atoms with Crippen molar-refractivity contribution in [2.75, 3.05) is 13.7 Å². The molecule has 1 heterocycles. The summed E-state index contributed by atoms with van der Waals surface area (Å²) >= 11 is 3.55. The molecule has 6 heteroatoms. The molecule has 28 heavy (non-hydrogen) atoms. The van der Waals surface area contributed by atoms with Crippen molar-refractivity contribution >= 4 is 38.6 Å². The van der Waals surface area contributed by atoms with Gasteiger partial charge in [0, 0.05) is 0 Å². The molecule has 1 N–H and O–H groups in total. The van der Waals surface area contributed by atoms with E-state index in [9.17, 15) is 5.26 Å². The topological polar surface area (TPSA) is 70.9 Å². The third-order valence-corrected chi connectivity index (χ3v) is 4.73. The molecule has 144 valence electrons. The van der Waals surface area contributed by atoms with Crippen LogP contribution in [0.3, 0.4) is 0 Å². The second kappa shape index (κ2) is 8.49. The molecular weight excluding hydrogens is 418 g/mol. The van der Waals surface area contributed by atoms with Crippen molar-refractivity contribution in [3.63, 3.8) is 0 Å². The average Bonchev–Trinajstić information content (AvgIpc) is 3.07. The first-order valence-corrected chi connectivity index (χ1v) is 9.79. The summed E-state index contributed by atoms with van der Waals surface area (Å²) in [5.74, 6) is 2.21. The van der Waals surface area contributed by atoms with Gasteiger partial charge >= 0.3 is 0 Å².